The summed E-state index contributed by atoms with van der Waals surface area (Å²) in [5, 5.41) is 11.9. The fourth-order valence-electron chi connectivity index (χ4n) is 5.30. The molecular formula is C18H21NO4. The van der Waals surface area contributed by atoms with Crippen molar-refractivity contribution in [2.24, 2.45) is 0 Å². The molecule has 2 aliphatic heterocycles. The number of carbonyl (C=O) groups excluding carboxylic acids is 1. The third-order valence-corrected chi connectivity index (χ3v) is 6.29. The molecule has 0 radical (unpaired) electrons. The smallest absolute Gasteiger partial charge is 0.174 e. The Morgan fingerprint density at radius 3 is 3.17 bits per heavy atom. The first-order valence-electron chi connectivity index (χ1n) is 10.5. The van der Waals surface area contributed by atoms with Gasteiger partial charge < -0.3 is 19.5 Å². The van der Waals surface area contributed by atoms with Crippen LogP contribution in [0.15, 0.2) is 12.1 Å². The topological polar surface area (TPSA) is 59.0 Å². The molecule has 1 N–H and O–H groups in total. The van der Waals surface area contributed by atoms with Gasteiger partial charge in [-0.1, -0.05) is 6.04 Å². The number of ether oxygens (including phenoxy) is 2. The average Bonchev–Trinajstić information content (AvgIpc) is 2.94. The molecule has 1 aromatic carbocycles. The first-order chi connectivity index (χ1) is 13.1. The van der Waals surface area contributed by atoms with Crippen molar-refractivity contribution >= 4 is 5.78 Å². The highest BCUT2D eigenvalue weighted by Crippen LogP contribution is 2.64. The molecule has 0 aromatic heterocycles. The summed E-state index contributed by atoms with van der Waals surface area (Å²) in [5.41, 5.74) is -1.50. The summed E-state index contributed by atoms with van der Waals surface area (Å²) in [5.74, 6) is 0.215. The fraction of sp³-hybridized carbons (Fsp3) is 0.611. The number of benzene rings is 1. The first-order valence-corrected chi connectivity index (χ1v) is 7.97. The molecule has 1 unspecified atom stereocenters. The Labute approximate surface area is 142 Å². The number of piperidine rings is 1. The second kappa shape index (κ2) is 4.08. The highest BCUT2D eigenvalue weighted by molar-refractivity contribution is 5.90. The van der Waals surface area contributed by atoms with Crippen LogP contribution < -0.4 is 9.47 Å². The fourth-order valence-corrected chi connectivity index (χ4v) is 5.30. The molecular weight excluding hydrogens is 294 g/mol. The summed E-state index contributed by atoms with van der Waals surface area (Å²) in [4.78, 5) is 14.1. The number of nitrogens with zero attached hydrogens (tertiary/aromatic N) is 1. The summed E-state index contributed by atoms with van der Waals surface area (Å²) < 4.78 is 52.0. The van der Waals surface area contributed by atoms with Gasteiger partial charge in [-0.25, -0.2) is 0 Å². The Morgan fingerprint density at radius 1 is 1.52 bits per heavy atom. The van der Waals surface area contributed by atoms with Crippen LogP contribution in [-0.4, -0.2) is 54.2 Å². The molecule has 5 nitrogen and oxygen atoms in total. The average molecular weight is 320 g/mol. The molecule has 1 saturated carbocycles. The van der Waals surface area contributed by atoms with Crippen LogP contribution in [0.3, 0.4) is 0 Å². The highest BCUT2D eigenvalue weighted by atomic mass is 16.5. The van der Waals surface area contributed by atoms with Gasteiger partial charge in [0.1, 0.15) is 0 Å². The van der Waals surface area contributed by atoms with Gasteiger partial charge in [0.05, 0.1) is 20.9 Å². The molecule has 4 aliphatic rings. The second-order valence-electron chi connectivity index (χ2n) is 6.99. The van der Waals surface area contributed by atoms with E-state index in [4.69, 9.17) is 16.3 Å². The summed E-state index contributed by atoms with van der Waals surface area (Å²) in [7, 11) is 1.38. The summed E-state index contributed by atoms with van der Waals surface area (Å²) in [6.45, 7) is -2.22. The molecule has 2 bridgehead atoms. The zero-order chi connectivity index (χ0) is 20.2. The van der Waals surface area contributed by atoms with E-state index in [0.717, 1.165) is 0 Å². The number of Topliss-reactive ketones (excluding diaryl/α,β-unsaturated/α-hetero) is 1. The zero-order valence-electron chi connectivity index (χ0n) is 17.8. The molecule has 2 heterocycles. The number of aliphatic hydroxyl groups is 1. The monoisotopic (exact) mass is 320 g/mol. The minimum atomic E-state index is -2.41. The molecule has 2 fully saturated rings. The van der Waals surface area contributed by atoms with Crippen LogP contribution >= 0.6 is 0 Å². The van der Waals surface area contributed by atoms with Crippen molar-refractivity contribution in [3.05, 3.63) is 23.2 Å². The number of rotatable bonds is 1. The standard InChI is InChI=1S/C18H21NO4/c1-19-8-7-17-14-10-3-4-12(22-2)15(14)23-16(17)11(20)5-6-18(17,21)13(19)9-10/h3-4,13,16,21H,5-9H2,1-2H3/t13-,16?,17+,18-/m1/s1/i1D3,3D,4D. The third-order valence-electron chi connectivity index (χ3n) is 6.29. The number of methoxy groups -OCH3 is 1. The van der Waals surface area contributed by atoms with E-state index in [1.54, 1.807) is 0 Å². The molecule has 1 saturated heterocycles. The minimum Gasteiger partial charge on any atom is -0.493 e. The lowest BCUT2D eigenvalue weighted by Gasteiger charge is -2.62. The molecule has 4 atom stereocenters. The molecule has 1 spiro atoms. The molecule has 5 rings (SSSR count). The number of hydrogen-bond donors (Lipinski definition) is 1. The van der Waals surface area contributed by atoms with Gasteiger partial charge in [0.25, 0.3) is 0 Å². The maximum absolute atomic E-state index is 12.8. The van der Waals surface area contributed by atoms with Gasteiger partial charge in [-0.2, -0.15) is 0 Å². The Hall–Kier alpha value is -1.59. The van der Waals surface area contributed by atoms with Gasteiger partial charge in [-0.3, -0.25) is 4.79 Å². The quantitative estimate of drug-likeness (QED) is 0.838. The van der Waals surface area contributed by atoms with Crippen LogP contribution in [0.1, 0.15) is 37.2 Å². The van der Waals surface area contributed by atoms with Gasteiger partial charge in [0.2, 0.25) is 0 Å². The van der Waals surface area contributed by atoms with Gasteiger partial charge >= 0.3 is 0 Å². The van der Waals surface area contributed by atoms with Crippen molar-refractivity contribution < 1.29 is 26.2 Å². The van der Waals surface area contributed by atoms with E-state index in [-0.39, 0.29) is 61.6 Å². The van der Waals surface area contributed by atoms with Crippen LogP contribution in [0.2, 0.25) is 0 Å². The number of carbonyl (C=O) groups is 1. The lowest BCUT2D eigenvalue weighted by Crippen LogP contribution is -2.76. The highest BCUT2D eigenvalue weighted by Gasteiger charge is 2.72. The van der Waals surface area contributed by atoms with Crippen molar-refractivity contribution in [2.75, 3.05) is 20.6 Å². The number of likely N-dealkylation sites (tertiary alicyclic amines) is 1. The second-order valence-corrected chi connectivity index (χ2v) is 6.99. The molecule has 0 amide bonds. The predicted octanol–water partition coefficient (Wildman–Crippen LogP) is 1.05. The summed E-state index contributed by atoms with van der Waals surface area (Å²) in [6, 6.07) is -0.984. The van der Waals surface area contributed by atoms with E-state index < -0.39 is 30.1 Å². The zero-order valence-corrected chi connectivity index (χ0v) is 12.8. The Balaban J connectivity index is 1.85. The van der Waals surface area contributed by atoms with E-state index in [2.05, 4.69) is 0 Å². The molecule has 1 aromatic rings. The van der Waals surface area contributed by atoms with E-state index in [1.165, 1.54) is 12.0 Å². The lowest BCUT2D eigenvalue weighted by molar-refractivity contribution is -0.185. The van der Waals surface area contributed by atoms with Crippen LogP contribution in [0, 0.1) is 0 Å². The van der Waals surface area contributed by atoms with Crippen LogP contribution in [-0.2, 0) is 16.6 Å². The Bertz CT molecular complexity index is 918. The van der Waals surface area contributed by atoms with Gasteiger partial charge in [-0.05, 0) is 44.4 Å². The normalized spacial score (nSPS) is 44.3. The van der Waals surface area contributed by atoms with Crippen molar-refractivity contribution in [2.45, 2.75) is 48.8 Å². The van der Waals surface area contributed by atoms with Crippen LogP contribution in [0.4, 0.5) is 0 Å². The summed E-state index contributed by atoms with van der Waals surface area (Å²) >= 11 is 0. The van der Waals surface area contributed by atoms with E-state index in [0.29, 0.717) is 11.1 Å². The maximum atomic E-state index is 12.8. The van der Waals surface area contributed by atoms with E-state index in [1.807, 2.05) is 0 Å². The van der Waals surface area contributed by atoms with Crippen LogP contribution in [0.25, 0.3) is 0 Å². The first kappa shape index (κ1) is 9.64. The van der Waals surface area contributed by atoms with Gasteiger partial charge in [-0.15, -0.1) is 0 Å². The lowest BCUT2D eigenvalue weighted by atomic mass is 9.49. The third kappa shape index (κ3) is 1.32. The largest absolute Gasteiger partial charge is 0.493 e. The number of hydrogen-bond acceptors (Lipinski definition) is 5. The summed E-state index contributed by atoms with van der Waals surface area (Å²) in [6.07, 6.45) is -0.342. The van der Waals surface area contributed by atoms with Crippen LogP contribution in [0.5, 0.6) is 11.5 Å². The molecule has 122 valence electrons. The Kier molecular flexibility index (Phi) is 1.71. The van der Waals surface area contributed by atoms with Crippen molar-refractivity contribution in [3.63, 3.8) is 0 Å². The molecule has 2 aliphatic carbocycles. The Morgan fingerprint density at radius 2 is 2.39 bits per heavy atom. The SMILES string of the molecule is [2H]c1c([2H])c(OC)c2c3c1C[C@H]1N(C([2H])([2H])[2H])CC[C@@]34C(O2)C(=O)CC[C@@]14O. The van der Waals surface area contributed by atoms with E-state index >= 15 is 0 Å². The van der Waals surface area contributed by atoms with Crippen molar-refractivity contribution in [1.82, 2.24) is 4.90 Å². The van der Waals surface area contributed by atoms with Crippen molar-refractivity contribution in [3.8, 4) is 11.5 Å². The van der Waals surface area contributed by atoms with E-state index in [9.17, 15) is 9.90 Å². The molecule has 5 heteroatoms. The van der Waals surface area contributed by atoms with Gasteiger partial charge in [0, 0.05) is 22.1 Å². The maximum Gasteiger partial charge on any atom is 0.174 e. The van der Waals surface area contributed by atoms with Gasteiger partial charge in [0.15, 0.2) is 23.4 Å². The number of likely N-dealkylation sites (N-methyl/N-ethyl adjacent to an activating group) is 1. The number of ketones is 1. The minimum absolute atomic E-state index is 0.0586. The van der Waals surface area contributed by atoms with Crippen molar-refractivity contribution in [1.29, 1.82) is 0 Å². The molecule has 23 heavy (non-hydrogen) atoms. The predicted molar refractivity (Wildman–Crippen MR) is 83.0 cm³/mol.